The maximum Gasteiger partial charge on any atom is 0.251 e. The molecule has 0 bridgehead atoms. The van der Waals surface area contributed by atoms with Crippen molar-refractivity contribution in [2.45, 2.75) is 33.2 Å². The van der Waals surface area contributed by atoms with Gasteiger partial charge in [-0.25, -0.2) is 0 Å². The Balaban J connectivity index is 2.07. The van der Waals surface area contributed by atoms with Crippen molar-refractivity contribution in [2.24, 2.45) is 0 Å². The van der Waals surface area contributed by atoms with Crippen LogP contribution in [0, 0.1) is 0 Å². The molecule has 0 saturated carbocycles. The third-order valence-corrected chi connectivity index (χ3v) is 3.56. The van der Waals surface area contributed by atoms with E-state index < -0.39 is 0 Å². The van der Waals surface area contributed by atoms with Gasteiger partial charge in [0.05, 0.1) is 0 Å². The standard InChI is InChI=1S/C19H22N2O2/c1-13(2)18-10-5-4-7-16(18)12-20-19(23)15-8-6-9-17(11-15)21-14(3)22/h4-11,13H,12H2,1-3H3,(H,20,23)(H,21,22). The highest BCUT2D eigenvalue weighted by molar-refractivity contribution is 5.96. The van der Waals surface area contributed by atoms with Crippen LogP contribution in [0.1, 0.15) is 48.2 Å². The maximum absolute atomic E-state index is 12.3. The molecule has 2 aromatic rings. The van der Waals surface area contributed by atoms with Gasteiger partial charge in [0.2, 0.25) is 5.91 Å². The van der Waals surface area contributed by atoms with E-state index in [2.05, 4.69) is 30.5 Å². The molecule has 0 heterocycles. The Hall–Kier alpha value is -2.62. The molecule has 0 aliphatic rings. The lowest BCUT2D eigenvalue weighted by Gasteiger charge is -2.13. The van der Waals surface area contributed by atoms with Gasteiger partial charge in [0.1, 0.15) is 0 Å². The largest absolute Gasteiger partial charge is 0.348 e. The molecule has 2 rings (SSSR count). The van der Waals surface area contributed by atoms with Gasteiger partial charge in [-0.2, -0.15) is 0 Å². The first kappa shape index (κ1) is 16.7. The van der Waals surface area contributed by atoms with Crippen LogP contribution in [0.15, 0.2) is 48.5 Å². The number of nitrogens with one attached hydrogen (secondary N) is 2. The molecule has 2 N–H and O–H groups in total. The molecule has 0 aromatic heterocycles. The van der Waals surface area contributed by atoms with E-state index in [-0.39, 0.29) is 11.8 Å². The molecule has 0 radical (unpaired) electrons. The van der Waals surface area contributed by atoms with Gasteiger partial charge >= 0.3 is 0 Å². The molecule has 4 nitrogen and oxygen atoms in total. The summed E-state index contributed by atoms with van der Waals surface area (Å²) >= 11 is 0. The molecular weight excluding hydrogens is 288 g/mol. The second-order valence-electron chi connectivity index (χ2n) is 5.80. The highest BCUT2D eigenvalue weighted by Gasteiger charge is 2.09. The van der Waals surface area contributed by atoms with Gasteiger partial charge in [-0.15, -0.1) is 0 Å². The smallest absolute Gasteiger partial charge is 0.251 e. The van der Waals surface area contributed by atoms with E-state index in [0.29, 0.717) is 23.7 Å². The summed E-state index contributed by atoms with van der Waals surface area (Å²) in [5, 5.41) is 5.62. The fraction of sp³-hybridized carbons (Fsp3) is 0.263. The zero-order valence-electron chi connectivity index (χ0n) is 13.7. The summed E-state index contributed by atoms with van der Waals surface area (Å²) in [4.78, 5) is 23.4. The molecule has 0 spiro atoms. The highest BCUT2D eigenvalue weighted by atomic mass is 16.2. The Labute approximate surface area is 136 Å². The normalized spacial score (nSPS) is 10.4. The van der Waals surface area contributed by atoms with E-state index in [1.165, 1.54) is 12.5 Å². The van der Waals surface area contributed by atoms with E-state index in [4.69, 9.17) is 0 Å². The molecule has 0 aliphatic heterocycles. The van der Waals surface area contributed by atoms with Crippen LogP contribution in [-0.4, -0.2) is 11.8 Å². The first-order valence-electron chi connectivity index (χ1n) is 7.71. The minimum atomic E-state index is -0.159. The van der Waals surface area contributed by atoms with Crippen molar-refractivity contribution >= 4 is 17.5 Å². The van der Waals surface area contributed by atoms with E-state index in [1.54, 1.807) is 24.3 Å². The first-order valence-corrected chi connectivity index (χ1v) is 7.71. The quantitative estimate of drug-likeness (QED) is 0.884. The summed E-state index contributed by atoms with van der Waals surface area (Å²) in [5.41, 5.74) is 3.50. The summed E-state index contributed by atoms with van der Waals surface area (Å²) in [6.45, 7) is 6.20. The molecule has 120 valence electrons. The second kappa shape index (κ2) is 7.58. The van der Waals surface area contributed by atoms with E-state index >= 15 is 0 Å². The number of anilines is 1. The summed E-state index contributed by atoms with van der Waals surface area (Å²) in [7, 11) is 0. The van der Waals surface area contributed by atoms with Gasteiger partial charge in [0.15, 0.2) is 0 Å². The van der Waals surface area contributed by atoms with Gasteiger partial charge in [-0.05, 0) is 35.2 Å². The summed E-state index contributed by atoms with van der Waals surface area (Å²) < 4.78 is 0. The molecule has 0 atom stereocenters. The first-order chi connectivity index (χ1) is 11.0. The van der Waals surface area contributed by atoms with Crippen LogP contribution >= 0.6 is 0 Å². The Morgan fingerprint density at radius 1 is 1.04 bits per heavy atom. The molecule has 2 aromatic carbocycles. The number of benzene rings is 2. The van der Waals surface area contributed by atoms with Crippen LogP contribution in [0.3, 0.4) is 0 Å². The number of amides is 2. The number of carbonyl (C=O) groups is 2. The maximum atomic E-state index is 12.3. The van der Waals surface area contributed by atoms with Crippen LogP contribution in [0.2, 0.25) is 0 Å². The van der Waals surface area contributed by atoms with Crippen molar-refractivity contribution in [1.82, 2.24) is 5.32 Å². The number of carbonyl (C=O) groups excluding carboxylic acids is 2. The Kier molecular flexibility index (Phi) is 5.52. The zero-order valence-corrected chi connectivity index (χ0v) is 13.7. The van der Waals surface area contributed by atoms with Crippen molar-refractivity contribution in [3.8, 4) is 0 Å². The van der Waals surface area contributed by atoms with Gasteiger partial charge in [0.25, 0.3) is 5.91 Å². The average Bonchev–Trinajstić information content (AvgIpc) is 2.52. The predicted molar refractivity (Wildman–Crippen MR) is 92.4 cm³/mol. The summed E-state index contributed by atoms with van der Waals surface area (Å²) in [5.74, 6) is 0.0929. The fourth-order valence-corrected chi connectivity index (χ4v) is 2.48. The topological polar surface area (TPSA) is 58.2 Å². The van der Waals surface area contributed by atoms with E-state index in [1.807, 2.05) is 18.2 Å². The number of hydrogen-bond acceptors (Lipinski definition) is 2. The van der Waals surface area contributed by atoms with Crippen LogP contribution in [0.4, 0.5) is 5.69 Å². The second-order valence-corrected chi connectivity index (χ2v) is 5.80. The van der Waals surface area contributed by atoms with Crippen molar-refractivity contribution < 1.29 is 9.59 Å². The van der Waals surface area contributed by atoms with Crippen LogP contribution in [0.5, 0.6) is 0 Å². The van der Waals surface area contributed by atoms with Crippen molar-refractivity contribution in [3.05, 3.63) is 65.2 Å². The molecule has 23 heavy (non-hydrogen) atoms. The lowest BCUT2D eigenvalue weighted by atomic mass is 9.97. The number of hydrogen-bond donors (Lipinski definition) is 2. The molecule has 0 saturated heterocycles. The van der Waals surface area contributed by atoms with Gasteiger partial charge in [-0.1, -0.05) is 44.2 Å². The third-order valence-electron chi connectivity index (χ3n) is 3.56. The molecule has 4 heteroatoms. The lowest BCUT2D eigenvalue weighted by molar-refractivity contribution is -0.114. The van der Waals surface area contributed by atoms with Crippen molar-refractivity contribution in [2.75, 3.05) is 5.32 Å². The monoisotopic (exact) mass is 310 g/mol. The minimum Gasteiger partial charge on any atom is -0.348 e. The molecule has 2 amide bonds. The Bertz CT molecular complexity index is 708. The predicted octanol–water partition coefficient (Wildman–Crippen LogP) is 3.70. The average molecular weight is 310 g/mol. The SMILES string of the molecule is CC(=O)Nc1cccc(C(=O)NCc2ccccc2C(C)C)c1. The highest BCUT2D eigenvalue weighted by Crippen LogP contribution is 2.19. The van der Waals surface area contributed by atoms with Crippen molar-refractivity contribution in [1.29, 1.82) is 0 Å². The Morgan fingerprint density at radius 3 is 2.48 bits per heavy atom. The molecule has 0 unspecified atom stereocenters. The van der Waals surface area contributed by atoms with Gasteiger partial charge in [0, 0.05) is 24.7 Å². The minimum absolute atomic E-state index is 0.157. The summed E-state index contributed by atoms with van der Waals surface area (Å²) in [6.07, 6.45) is 0. The zero-order chi connectivity index (χ0) is 16.8. The third kappa shape index (κ3) is 4.68. The fourth-order valence-electron chi connectivity index (χ4n) is 2.48. The van der Waals surface area contributed by atoms with Gasteiger partial charge in [-0.3, -0.25) is 9.59 Å². The Morgan fingerprint density at radius 2 is 1.78 bits per heavy atom. The van der Waals surface area contributed by atoms with Crippen LogP contribution in [0.25, 0.3) is 0 Å². The molecular formula is C19H22N2O2. The van der Waals surface area contributed by atoms with Crippen molar-refractivity contribution in [3.63, 3.8) is 0 Å². The van der Waals surface area contributed by atoms with Gasteiger partial charge < -0.3 is 10.6 Å². The van der Waals surface area contributed by atoms with Crippen LogP contribution < -0.4 is 10.6 Å². The van der Waals surface area contributed by atoms with Crippen LogP contribution in [-0.2, 0) is 11.3 Å². The lowest BCUT2D eigenvalue weighted by Crippen LogP contribution is -2.23. The molecule has 0 aliphatic carbocycles. The summed E-state index contributed by atoms with van der Waals surface area (Å²) in [6, 6.07) is 15.0. The van der Waals surface area contributed by atoms with E-state index in [9.17, 15) is 9.59 Å². The van der Waals surface area contributed by atoms with E-state index in [0.717, 1.165) is 5.56 Å². The number of rotatable bonds is 5. The molecule has 0 fully saturated rings.